The van der Waals surface area contributed by atoms with Crippen LogP contribution < -0.4 is 5.73 Å². The van der Waals surface area contributed by atoms with Crippen LogP contribution in [-0.2, 0) is 11.2 Å². The summed E-state index contributed by atoms with van der Waals surface area (Å²) in [5, 5.41) is 17.5. The van der Waals surface area contributed by atoms with Crippen molar-refractivity contribution in [2.75, 3.05) is 0 Å². The number of aliphatic carboxylic acids is 1. The van der Waals surface area contributed by atoms with Crippen LogP contribution in [0, 0.1) is 0 Å². The number of phenolic OH excluding ortho intramolecular Hbond substituents is 1. The third kappa shape index (κ3) is 2.76. The Kier molecular flexibility index (Phi) is 2.87. The summed E-state index contributed by atoms with van der Waals surface area (Å²) in [5.74, 6) is -0.860. The van der Waals surface area contributed by atoms with E-state index in [4.69, 9.17) is 15.9 Å². The number of hydrogen-bond acceptors (Lipinski definition) is 3. The Morgan fingerprint density at radius 2 is 2.31 bits per heavy atom. The normalized spacial score (nSPS) is 12.4. The van der Waals surface area contributed by atoms with Crippen molar-refractivity contribution < 1.29 is 15.0 Å². The molecule has 0 aliphatic rings. The van der Waals surface area contributed by atoms with Crippen molar-refractivity contribution in [2.45, 2.75) is 12.5 Å². The molecule has 0 radical (unpaired) electrons. The van der Waals surface area contributed by atoms with E-state index < -0.39 is 12.0 Å². The molecule has 4 nitrogen and oxygen atoms in total. The number of carbonyl (C=O) groups is 1. The molecule has 0 fully saturated rings. The zero-order valence-corrected chi connectivity index (χ0v) is 6.97. The van der Waals surface area contributed by atoms with E-state index in [1.165, 1.54) is 12.1 Å². The molecular formula is C9H11NO3. The SMILES string of the molecule is N[C@@H](Cc1ccc(O)c[14cH]1)C(=O)O. The zero-order valence-electron chi connectivity index (χ0n) is 6.97. The molecule has 0 aromatic heterocycles. The second-order valence-electron chi connectivity index (χ2n) is 2.82. The summed E-state index contributed by atoms with van der Waals surface area (Å²) in [6.07, 6.45) is 0.273. The second-order valence-corrected chi connectivity index (χ2v) is 2.82. The summed E-state index contributed by atoms with van der Waals surface area (Å²) in [6.45, 7) is 0. The first-order chi connectivity index (χ1) is 6.09. The molecule has 1 rings (SSSR count). The summed E-state index contributed by atoms with van der Waals surface area (Å²) in [7, 11) is 0. The summed E-state index contributed by atoms with van der Waals surface area (Å²) >= 11 is 0. The molecule has 1 atom stereocenters. The number of benzene rings is 1. The number of aromatic hydroxyl groups is 1. The smallest absolute Gasteiger partial charge is 0.320 e. The minimum Gasteiger partial charge on any atom is -0.508 e. The number of rotatable bonds is 3. The van der Waals surface area contributed by atoms with E-state index in [1.807, 2.05) is 0 Å². The van der Waals surface area contributed by atoms with Gasteiger partial charge >= 0.3 is 5.97 Å². The quantitative estimate of drug-likeness (QED) is 0.631. The highest BCUT2D eigenvalue weighted by molar-refractivity contribution is 5.73. The highest BCUT2D eigenvalue weighted by Crippen LogP contribution is 2.10. The van der Waals surface area contributed by atoms with Gasteiger partial charge < -0.3 is 15.9 Å². The lowest BCUT2D eigenvalue weighted by Crippen LogP contribution is -2.32. The number of carboxylic acids is 1. The van der Waals surface area contributed by atoms with Crippen molar-refractivity contribution in [3.63, 3.8) is 0 Å². The van der Waals surface area contributed by atoms with Crippen LogP contribution in [0.25, 0.3) is 0 Å². The average Bonchev–Trinajstić information content (AvgIpc) is 2.08. The van der Waals surface area contributed by atoms with Crippen LogP contribution >= 0.6 is 0 Å². The van der Waals surface area contributed by atoms with Gasteiger partial charge in [-0.15, -0.1) is 0 Å². The largest absolute Gasteiger partial charge is 0.508 e. The van der Waals surface area contributed by atoms with Crippen molar-refractivity contribution in [2.24, 2.45) is 5.73 Å². The first-order valence-electron chi connectivity index (χ1n) is 3.86. The standard InChI is InChI=1S/C9H11NO3/c10-8(9(12)13)5-6-1-3-7(11)4-2-6/h1-4,8,11H,5,10H2,(H,12,13)/t8-/m0/s1/i1+2. The van der Waals surface area contributed by atoms with E-state index in [0.29, 0.717) is 0 Å². The van der Waals surface area contributed by atoms with E-state index in [2.05, 4.69) is 0 Å². The van der Waals surface area contributed by atoms with Crippen molar-refractivity contribution in [1.82, 2.24) is 0 Å². The van der Waals surface area contributed by atoms with Gasteiger partial charge in [0.1, 0.15) is 11.8 Å². The lowest BCUT2D eigenvalue weighted by atomic mass is 10.1. The van der Waals surface area contributed by atoms with Gasteiger partial charge in [-0.2, -0.15) is 0 Å². The van der Waals surface area contributed by atoms with Crippen LogP contribution in [-0.4, -0.2) is 22.2 Å². The van der Waals surface area contributed by atoms with Gasteiger partial charge in [0.05, 0.1) is 0 Å². The molecule has 0 spiro atoms. The Balaban J connectivity index is 2.64. The lowest BCUT2D eigenvalue weighted by molar-refractivity contribution is -0.138. The first-order valence-corrected chi connectivity index (χ1v) is 3.86. The van der Waals surface area contributed by atoms with Crippen molar-refractivity contribution in [3.8, 4) is 5.75 Å². The molecule has 0 aliphatic heterocycles. The second kappa shape index (κ2) is 3.91. The maximum absolute atomic E-state index is 10.4. The minimum atomic E-state index is -1.02. The van der Waals surface area contributed by atoms with Crippen LogP contribution in [0.3, 0.4) is 0 Å². The molecular weight excluding hydrogens is 172 g/mol. The van der Waals surface area contributed by atoms with Crippen LogP contribution in [0.5, 0.6) is 5.75 Å². The number of hydrogen-bond donors (Lipinski definition) is 3. The predicted octanol–water partition coefficient (Wildman–Crippen LogP) is 0.347. The van der Waals surface area contributed by atoms with Crippen molar-refractivity contribution in [1.29, 1.82) is 0 Å². The molecule has 0 saturated heterocycles. The highest BCUT2D eigenvalue weighted by atomic mass is 16.4. The summed E-state index contributed by atoms with van der Waals surface area (Å²) in [6, 6.07) is 5.42. The Hall–Kier alpha value is -1.55. The van der Waals surface area contributed by atoms with Gasteiger partial charge in [0, 0.05) is 0 Å². The van der Waals surface area contributed by atoms with Crippen LogP contribution in [0.2, 0.25) is 0 Å². The average molecular weight is 183 g/mol. The van der Waals surface area contributed by atoms with Crippen molar-refractivity contribution >= 4 is 5.97 Å². The Morgan fingerprint density at radius 1 is 1.62 bits per heavy atom. The molecule has 0 saturated carbocycles. The summed E-state index contributed by atoms with van der Waals surface area (Å²) < 4.78 is 0. The minimum absolute atomic E-state index is 0.160. The molecule has 1 aromatic rings. The fourth-order valence-corrected chi connectivity index (χ4v) is 0.973. The van der Waals surface area contributed by atoms with E-state index in [0.717, 1.165) is 5.56 Å². The molecule has 4 heteroatoms. The molecule has 0 aliphatic carbocycles. The summed E-state index contributed by atoms with van der Waals surface area (Å²) in [4.78, 5) is 10.4. The molecule has 4 N–H and O–H groups in total. The van der Waals surface area contributed by atoms with Crippen molar-refractivity contribution in [3.05, 3.63) is 29.8 Å². The molecule has 0 amide bonds. The maximum atomic E-state index is 10.4. The molecule has 0 heterocycles. The number of phenols is 1. The fourth-order valence-electron chi connectivity index (χ4n) is 0.973. The molecule has 0 unspecified atom stereocenters. The van der Waals surface area contributed by atoms with Gasteiger partial charge in [-0.25, -0.2) is 0 Å². The first kappa shape index (κ1) is 9.54. The third-order valence-electron chi connectivity index (χ3n) is 1.71. The van der Waals surface area contributed by atoms with Gasteiger partial charge in [-0.1, -0.05) is 12.1 Å². The fraction of sp³-hybridized carbons (Fsp3) is 0.222. The highest BCUT2D eigenvalue weighted by Gasteiger charge is 2.11. The van der Waals surface area contributed by atoms with Crippen LogP contribution in [0.4, 0.5) is 0 Å². The number of carboxylic acid groups (broad SMARTS) is 1. The van der Waals surface area contributed by atoms with E-state index in [1.54, 1.807) is 12.1 Å². The Labute approximate surface area is 75.6 Å². The van der Waals surface area contributed by atoms with E-state index >= 15 is 0 Å². The predicted molar refractivity (Wildman–Crippen MR) is 47.4 cm³/mol. The van der Waals surface area contributed by atoms with Gasteiger partial charge in [0.2, 0.25) is 0 Å². The van der Waals surface area contributed by atoms with Crippen LogP contribution in [0.15, 0.2) is 24.3 Å². The van der Waals surface area contributed by atoms with Crippen LogP contribution in [0.1, 0.15) is 5.56 Å². The monoisotopic (exact) mass is 183 g/mol. The van der Waals surface area contributed by atoms with Gasteiger partial charge in [-0.3, -0.25) is 4.79 Å². The zero-order chi connectivity index (χ0) is 9.84. The topological polar surface area (TPSA) is 83.5 Å². The Morgan fingerprint density at radius 3 is 2.77 bits per heavy atom. The molecule has 70 valence electrons. The van der Waals surface area contributed by atoms with Gasteiger partial charge in [0.15, 0.2) is 0 Å². The Bertz CT molecular complexity index is 294. The van der Waals surface area contributed by atoms with Gasteiger partial charge in [0.25, 0.3) is 0 Å². The summed E-state index contributed by atoms with van der Waals surface area (Å²) in [5.41, 5.74) is 6.12. The third-order valence-corrected chi connectivity index (χ3v) is 1.71. The lowest BCUT2D eigenvalue weighted by Gasteiger charge is -2.05. The number of nitrogens with two attached hydrogens (primary N) is 1. The molecule has 0 bridgehead atoms. The maximum Gasteiger partial charge on any atom is 0.320 e. The van der Waals surface area contributed by atoms with Gasteiger partial charge in [-0.05, 0) is 24.1 Å². The van der Waals surface area contributed by atoms with E-state index in [9.17, 15) is 4.79 Å². The molecule has 1 aromatic carbocycles. The van der Waals surface area contributed by atoms with E-state index in [-0.39, 0.29) is 12.2 Å². The molecule has 13 heavy (non-hydrogen) atoms.